The standard InChI is InChI=1S/C19H19N3/c1-13(2)10-14-6-5-8-15(11-14)18-20-19-17-9-4-3-7-16(17)12-22(19)21-18/h3-9,11,13H,10,12H2,1-2H3. The summed E-state index contributed by atoms with van der Waals surface area (Å²) in [6.45, 7) is 5.31. The van der Waals surface area contributed by atoms with Crippen molar-refractivity contribution in [3.05, 3.63) is 59.7 Å². The molecular formula is C19H19N3. The van der Waals surface area contributed by atoms with Crippen LogP contribution in [0.2, 0.25) is 0 Å². The lowest BCUT2D eigenvalue weighted by molar-refractivity contribution is 0.647. The van der Waals surface area contributed by atoms with Crippen molar-refractivity contribution in [1.82, 2.24) is 14.8 Å². The van der Waals surface area contributed by atoms with E-state index < -0.39 is 0 Å². The number of rotatable bonds is 3. The monoisotopic (exact) mass is 289 g/mol. The molecule has 0 bridgehead atoms. The van der Waals surface area contributed by atoms with Crippen molar-refractivity contribution in [2.24, 2.45) is 5.92 Å². The van der Waals surface area contributed by atoms with Gasteiger partial charge in [0.15, 0.2) is 11.6 Å². The highest BCUT2D eigenvalue weighted by molar-refractivity contribution is 5.67. The Balaban J connectivity index is 1.72. The number of nitrogens with zero attached hydrogens (tertiary/aromatic N) is 3. The molecule has 3 heteroatoms. The molecule has 0 saturated carbocycles. The average Bonchev–Trinajstić information content (AvgIpc) is 3.04. The molecular weight excluding hydrogens is 270 g/mol. The van der Waals surface area contributed by atoms with Crippen LogP contribution in [0.25, 0.3) is 22.8 Å². The molecule has 0 amide bonds. The summed E-state index contributed by atoms with van der Waals surface area (Å²) < 4.78 is 2.01. The third-order valence-electron chi connectivity index (χ3n) is 4.08. The fraction of sp³-hybridized carbons (Fsp3) is 0.263. The van der Waals surface area contributed by atoms with Crippen LogP contribution in [-0.2, 0) is 13.0 Å². The van der Waals surface area contributed by atoms with Gasteiger partial charge in [0.1, 0.15) is 0 Å². The van der Waals surface area contributed by atoms with Crippen LogP contribution < -0.4 is 0 Å². The van der Waals surface area contributed by atoms with Crippen LogP contribution in [-0.4, -0.2) is 14.8 Å². The summed E-state index contributed by atoms with van der Waals surface area (Å²) in [6.07, 6.45) is 1.09. The molecule has 0 spiro atoms. The topological polar surface area (TPSA) is 30.7 Å². The number of hydrogen-bond acceptors (Lipinski definition) is 2. The molecule has 3 nitrogen and oxygen atoms in total. The van der Waals surface area contributed by atoms with Gasteiger partial charge in [-0.05, 0) is 29.5 Å². The van der Waals surface area contributed by atoms with E-state index in [0.717, 1.165) is 30.2 Å². The molecule has 0 aliphatic carbocycles. The van der Waals surface area contributed by atoms with Gasteiger partial charge in [0.2, 0.25) is 0 Å². The predicted octanol–water partition coefficient (Wildman–Crippen LogP) is 4.17. The Bertz CT molecular complexity index is 830. The van der Waals surface area contributed by atoms with Crippen LogP contribution in [0.1, 0.15) is 25.0 Å². The lowest BCUT2D eigenvalue weighted by Gasteiger charge is -2.06. The SMILES string of the molecule is CC(C)Cc1cccc(-c2nc3n(n2)Cc2ccccc2-3)c1. The Kier molecular flexibility index (Phi) is 3.07. The van der Waals surface area contributed by atoms with Gasteiger partial charge in [-0.1, -0.05) is 56.3 Å². The summed E-state index contributed by atoms with van der Waals surface area (Å²) in [7, 11) is 0. The molecule has 2 aromatic carbocycles. The van der Waals surface area contributed by atoms with Gasteiger partial charge in [-0.25, -0.2) is 9.67 Å². The summed E-state index contributed by atoms with van der Waals surface area (Å²) in [5.74, 6) is 2.47. The number of aromatic nitrogens is 3. The largest absolute Gasteiger partial charge is 0.241 e. The lowest BCUT2D eigenvalue weighted by Crippen LogP contribution is -1.96. The van der Waals surface area contributed by atoms with Gasteiger partial charge in [-0.15, -0.1) is 0 Å². The maximum atomic E-state index is 4.77. The van der Waals surface area contributed by atoms with E-state index in [1.54, 1.807) is 0 Å². The van der Waals surface area contributed by atoms with E-state index in [-0.39, 0.29) is 0 Å². The Hall–Kier alpha value is -2.42. The molecule has 0 atom stereocenters. The van der Waals surface area contributed by atoms with Gasteiger partial charge >= 0.3 is 0 Å². The third-order valence-corrected chi connectivity index (χ3v) is 4.08. The van der Waals surface area contributed by atoms with Crippen molar-refractivity contribution in [2.45, 2.75) is 26.8 Å². The minimum Gasteiger partial charge on any atom is -0.241 e. The highest BCUT2D eigenvalue weighted by atomic mass is 15.4. The molecule has 110 valence electrons. The second kappa shape index (κ2) is 5.09. The van der Waals surface area contributed by atoms with Gasteiger partial charge in [-0.2, -0.15) is 5.10 Å². The fourth-order valence-electron chi connectivity index (χ4n) is 3.12. The molecule has 2 heterocycles. The van der Waals surface area contributed by atoms with E-state index in [9.17, 15) is 0 Å². The molecule has 22 heavy (non-hydrogen) atoms. The molecule has 1 aliphatic rings. The van der Waals surface area contributed by atoms with Crippen LogP contribution in [0.5, 0.6) is 0 Å². The zero-order valence-electron chi connectivity index (χ0n) is 13.0. The summed E-state index contributed by atoms with van der Waals surface area (Å²) in [5, 5.41) is 4.70. The highest BCUT2D eigenvalue weighted by Crippen LogP contribution is 2.31. The first kappa shape index (κ1) is 13.3. The molecule has 0 unspecified atom stereocenters. The summed E-state index contributed by atoms with van der Waals surface area (Å²) >= 11 is 0. The molecule has 4 rings (SSSR count). The maximum absolute atomic E-state index is 4.77. The van der Waals surface area contributed by atoms with E-state index >= 15 is 0 Å². The van der Waals surface area contributed by atoms with Crippen molar-refractivity contribution in [3.8, 4) is 22.8 Å². The first-order chi connectivity index (χ1) is 10.7. The Morgan fingerprint density at radius 1 is 1.09 bits per heavy atom. The molecule has 3 aromatic rings. The minimum atomic E-state index is 0.655. The number of hydrogen-bond donors (Lipinski definition) is 0. The quantitative estimate of drug-likeness (QED) is 0.566. The van der Waals surface area contributed by atoms with E-state index in [0.29, 0.717) is 5.92 Å². The van der Waals surface area contributed by atoms with Crippen molar-refractivity contribution >= 4 is 0 Å². The summed E-state index contributed by atoms with van der Waals surface area (Å²) in [5.41, 5.74) is 4.97. The Labute approximate surface area is 130 Å². The van der Waals surface area contributed by atoms with Gasteiger partial charge in [0, 0.05) is 11.1 Å². The van der Waals surface area contributed by atoms with Crippen LogP contribution in [0.3, 0.4) is 0 Å². The smallest absolute Gasteiger partial charge is 0.181 e. The zero-order valence-corrected chi connectivity index (χ0v) is 13.0. The fourth-order valence-corrected chi connectivity index (χ4v) is 3.12. The van der Waals surface area contributed by atoms with Crippen molar-refractivity contribution in [2.75, 3.05) is 0 Å². The van der Waals surface area contributed by atoms with Crippen LogP contribution in [0, 0.1) is 5.92 Å². The molecule has 1 aromatic heterocycles. The van der Waals surface area contributed by atoms with Crippen molar-refractivity contribution in [1.29, 1.82) is 0 Å². The first-order valence-electron chi connectivity index (χ1n) is 7.83. The summed E-state index contributed by atoms with van der Waals surface area (Å²) in [4.78, 5) is 4.77. The van der Waals surface area contributed by atoms with Crippen LogP contribution in [0.4, 0.5) is 0 Å². The van der Waals surface area contributed by atoms with Crippen LogP contribution >= 0.6 is 0 Å². The molecule has 0 radical (unpaired) electrons. The van der Waals surface area contributed by atoms with E-state index in [1.165, 1.54) is 16.7 Å². The highest BCUT2D eigenvalue weighted by Gasteiger charge is 2.22. The lowest BCUT2D eigenvalue weighted by atomic mass is 10.0. The third kappa shape index (κ3) is 2.23. The molecule has 0 N–H and O–H groups in total. The predicted molar refractivity (Wildman–Crippen MR) is 88.5 cm³/mol. The van der Waals surface area contributed by atoms with Gasteiger partial charge < -0.3 is 0 Å². The number of benzene rings is 2. The zero-order chi connectivity index (χ0) is 15.1. The molecule has 0 fully saturated rings. The Morgan fingerprint density at radius 2 is 1.95 bits per heavy atom. The van der Waals surface area contributed by atoms with Gasteiger partial charge in [0.25, 0.3) is 0 Å². The van der Waals surface area contributed by atoms with E-state index in [4.69, 9.17) is 10.1 Å². The van der Waals surface area contributed by atoms with Crippen molar-refractivity contribution in [3.63, 3.8) is 0 Å². The van der Waals surface area contributed by atoms with Gasteiger partial charge in [0.05, 0.1) is 6.54 Å². The second-order valence-corrected chi connectivity index (χ2v) is 6.37. The van der Waals surface area contributed by atoms with Crippen molar-refractivity contribution < 1.29 is 0 Å². The Morgan fingerprint density at radius 3 is 2.82 bits per heavy atom. The normalized spacial score (nSPS) is 12.5. The average molecular weight is 289 g/mol. The van der Waals surface area contributed by atoms with Crippen LogP contribution in [0.15, 0.2) is 48.5 Å². The van der Waals surface area contributed by atoms with E-state index in [1.807, 2.05) is 4.68 Å². The second-order valence-electron chi connectivity index (χ2n) is 6.37. The minimum absolute atomic E-state index is 0.655. The molecule has 0 saturated heterocycles. The first-order valence-corrected chi connectivity index (χ1v) is 7.83. The van der Waals surface area contributed by atoms with E-state index in [2.05, 4.69) is 62.4 Å². The maximum Gasteiger partial charge on any atom is 0.181 e. The van der Waals surface area contributed by atoms with Gasteiger partial charge in [-0.3, -0.25) is 0 Å². The molecule has 1 aliphatic heterocycles. The summed E-state index contributed by atoms with van der Waals surface area (Å²) in [6, 6.07) is 17.0. The number of fused-ring (bicyclic) bond motifs is 3.